The molecular formula is C16H24N2O. The Hall–Kier alpha value is -1.35. The van der Waals surface area contributed by atoms with Crippen molar-refractivity contribution in [3.05, 3.63) is 35.4 Å². The van der Waals surface area contributed by atoms with Gasteiger partial charge in [0.05, 0.1) is 0 Å². The van der Waals surface area contributed by atoms with Crippen LogP contribution in [-0.4, -0.2) is 19.0 Å². The lowest BCUT2D eigenvalue weighted by atomic mass is 10.0. The Balaban J connectivity index is 1.73. The fraction of sp³-hybridized carbons (Fsp3) is 0.562. The largest absolute Gasteiger partial charge is 0.352 e. The molecule has 2 N–H and O–H groups in total. The van der Waals surface area contributed by atoms with E-state index in [4.69, 9.17) is 0 Å². The standard InChI is InChI=1S/C16H24N2O/c1-3-12(2)5-4-10-17-16(19)14-8-6-13(7-9-14)15-11-18-15/h6-9,12,15,18H,3-5,10-11H2,1-2H3,(H,17,19). The average Bonchev–Trinajstić information content (AvgIpc) is 3.27. The normalized spacial score (nSPS) is 18.9. The molecule has 1 aliphatic heterocycles. The van der Waals surface area contributed by atoms with Crippen LogP contribution in [0.3, 0.4) is 0 Å². The van der Waals surface area contributed by atoms with Crippen molar-refractivity contribution in [1.82, 2.24) is 10.6 Å². The van der Waals surface area contributed by atoms with Gasteiger partial charge in [-0.3, -0.25) is 4.79 Å². The van der Waals surface area contributed by atoms with Gasteiger partial charge in [-0.25, -0.2) is 0 Å². The molecule has 1 saturated heterocycles. The van der Waals surface area contributed by atoms with Crippen LogP contribution in [0.25, 0.3) is 0 Å². The summed E-state index contributed by atoms with van der Waals surface area (Å²) < 4.78 is 0. The molecule has 3 nitrogen and oxygen atoms in total. The maximum absolute atomic E-state index is 11.9. The Morgan fingerprint density at radius 1 is 1.42 bits per heavy atom. The summed E-state index contributed by atoms with van der Waals surface area (Å²) in [6.45, 7) is 6.29. The second-order valence-corrected chi connectivity index (χ2v) is 5.49. The number of carbonyl (C=O) groups is 1. The first-order valence-corrected chi connectivity index (χ1v) is 7.32. The molecule has 1 aromatic rings. The van der Waals surface area contributed by atoms with E-state index in [1.54, 1.807) is 0 Å². The number of hydrogen-bond donors (Lipinski definition) is 2. The Morgan fingerprint density at radius 3 is 2.68 bits per heavy atom. The highest BCUT2D eigenvalue weighted by Crippen LogP contribution is 2.21. The smallest absolute Gasteiger partial charge is 0.251 e. The van der Waals surface area contributed by atoms with Gasteiger partial charge in [0.15, 0.2) is 0 Å². The van der Waals surface area contributed by atoms with Gasteiger partial charge < -0.3 is 10.6 Å². The predicted molar refractivity (Wildman–Crippen MR) is 78.2 cm³/mol. The molecular weight excluding hydrogens is 236 g/mol. The van der Waals surface area contributed by atoms with E-state index in [0.717, 1.165) is 31.0 Å². The van der Waals surface area contributed by atoms with Crippen molar-refractivity contribution in [2.45, 2.75) is 39.2 Å². The Labute approximate surface area is 115 Å². The summed E-state index contributed by atoms with van der Waals surface area (Å²) in [4.78, 5) is 11.9. The zero-order valence-electron chi connectivity index (χ0n) is 11.9. The zero-order valence-corrected chi connectivity index (χ0v) is 11.9. The summed E-state index contributed by atoms with van der Waals surface area (Å²) in [6, 6.07) is 8.42. The molecule has 0 radical (unpaired) electrons. The van der Waals surface area contributed by atoms with Crippen LogP contribution in [0.2, 0.25) is 0 Å². The second-order valence-electron chi connectivity index (χ2n) is 5.49. The molecule has 0 bridgehead atoms. The van der Waals surface area contributed by atoms with Gasteiger partial charge in [-0.15, -0.1) is 0 Å². The average molecular weight is 260 g/mol. The van der Waals surface area contributed by atoms with Gasteiger partial charge >= 0.3 is 0 Å². The summed E-state index contributed by atoms with van der Waals surface area (Å²) in [5, 5.41) is 6.24. The Kier molecular flexibility index (Phi) is 4.97. The quantitative estimate of drug-likeness (QED) is 0.585. The van der Waals surface area contributed by atoms with Crippen molar-refractivity contribution in [3.63, 3.8) is 0 Å². The summed E-state index contributed by atoms with van der Waals surface area (Å²) in [5.41, 5.74) is 2.03. The van der Waals surface area contributed by atoms with Crippen molar-refractivity contribution < 1.29 is 4.79 Å². The van der Waals surface area contributed by atoms with Gasteiger partial charge in [0.2, 0.25) is 0 Å². The highest BCUT2D eigenvalue weighted by Gasteiger charge is 2.21. The molecule has 2 rings (SSSR count). The number of amides is 1. The molecule has 1 aliphatic rings. The van der Waals surface area contributed by atoms with E-state index in [0.29, 0.717) is 6.04 Å². The van der Waals surface area contributed by atoms with Crippen LogP contribution in [0.15, 0.2) is 24.3 Å². The minimum absolute atomic E-state index is 0.0412. The van der Waals surface area contributed by atoms with Crippen LogP contribution < -0.4 is 10.6 Å². The van der Waals surface area contributed by atoms with E-state index in [2.05, 4.69) is 24.5 Å². The fourth-order valence-corrected chi connectivity index (χ4v) is 2.12. The lowest BCUT2D eigenvalue weighted by Gasteiger charge is -2.09. The highest BCUT2D eigenvalue weighted by atomic mass is 16.1. The van der Waals surface area contributed by atoms with E-state index >= 15 is 0 Å². The van der Waals surface area contributed by atoms with Crippen LogP contribution in [0.4, 0.5) is 0 Å². The van der Waals surface area contributed by atoms with Crippen LogP contribution in [0, 0.1) is 5.92 Å². The van der Waals surface area contributed by atoms with Crippen molar-refractivity contribution in [2.75, 3.05) is 13.1 Å². The van der Waals surface area contributed by atoms with E-state index in [1.807, 2.05) is 24.3 Å². The molecule has 2 unspecified atom stereocenters. The van der Waals surface area contributed by atoms with Crippen molar-refractivity contribution in [1.29, 1.82) is 0 Å². The molecule has 0 saturated carbocycles. The topological polar surface area (TPSA) is 51.0 Å². The van der Waals surface area contributed by atoms with Crippen molar-refractivity contribution in [2.24, 2.45) is 5.92 Å². The van der Waals surface area contributed by atoms with Gasteiger partial charge in [0, 0.05) is 24.7 Å². The lowest BCUT2D eigenvalue weighted by Crippen LogP contribution is -2.24. The van der Waals surface area contributed by atoms with Gasteiger partial charge in [0.25, 0.3) is 5.91 Å². The van der Waals surface area contributed by atoms with Gasteiger partial charge in [-0.05, 0) is 36.5 Å². The minimum Gasteiger partial charge on any atom is -0.352 e. The summed E-state index contributed by atoms with van der Waals surface area (Å²) in [5.74, 6) is 0.793. The molecule has 1 fully saturated rings. The van der Waals surface area contributed by atoms with E-state index in [9.17, 15) is 4.79 Å². The molecule has 2 atom stereocenters. The van der Waals surface area contributed by atoms with Crippen molar-refractivity contribution >= 4 is 5.91 Å². The van der Waals surface area contributed by atoms with Crippen LogP contribution in [-0.2, 0) is 0 Å². The maximum atomic E-state index is 11.9. The van der Waals surface area contributed by atoms with E-state index < -0.39 is 0 Å². The number of nitrogens with one attached hydrogen (secondary N) is 2. The van der Waals surface area contributed by atoms with Gasteiger partial charge in [0.1, 0.15) is 0 Å². The third-order valence-corrected chi connectivity index (χ3v) is 3.84. The summed E-state index contributed by atoms with van der Waals surface area (Å²) in [7, 11) is 0. The number of rotatable bonds is 7. The van der Waals surface area contributed by atoms with Crippen LogP contribution in [0.1, 0.15) is 55.1 Å². The summed E-state index contributed by atoms with van der Waals surface area (Å²) in [6.07, 6.45) is 3.46. The van der Waals surface area contributed by atoms with E-state index in [-0.39, 0.29) is 5.91 Å². The molecule has 104 valence electrons. The first kappa shape index (κ1) is 14.1. The van der Waals surface area contributed by atoms with E-state index in [1.165, 1.54) is 18.4 Å². The van der Waals surface area contributed by atoms with Crippen LogP contribution in [0.5, 0.6) is 0 Å². The van der Waals surface area contributed by atoms with Crippen molar-refractivity contribution in [3.8, 4) is 0 Å². The molecule has 1 aromatic carbocycles. The third kappa shape index (κ3) is 4.35. The molecule has 0 aromatic heterocycles. The van der Waals surface area contributed by atoms with Gasteiger partial charge in [-0.1, -0.05) is 32.4 Å². The SMILES string of the molecule is CCC(C)CCCNC(=O)c1ccc(C2CN2)cc1. The monoisotopic (exact) mass is 260 g/mol. The van der Waals surface area contributed by atoms with Gasteiger partial charge in [-0.2, -0.15) is 0 Å². The van der Waals surface area contributed by atoms with Crippen LogP contribution >= 0.6 is 0 Å². The first-order valence-electron chi connectivity index (χ1n) is 7.32. The fourth-order valence-electron chi connectivity index (χ4n) is 2.12. The molecule has 1 heterocycles. The first-order chi connectivity index (χ1) is 9.20. The number of carbonyl (C=O) groups excluding carboxylic acids is 1. The minimum atomic E-state index is 0.0412. The number of hydrogen-bond acceptors (Lipinski definition) is 2. The lowest BCUT2D eigenvalue weighted by molar-refractivity contribution is 0.0952. The Bertz CT molecular complexity index is 409. The molecule has 0 spiro atoms. The maximum Gasteiger partial charge on any atom is 0.251 e. The zero-order chi connectivity index (χ0) is 13.7. The highest BCUT2D eigenvalue weighted by molar-refractivity contribution is 5.94. The molecule has 0 aliphatic carbocycles. The molecule has 19 heavy (non-hydrogen) atoms. The Morgan fingerprint density at radius 2 is 2.11 bits per heavy atom. The third-order valence-electron chi connectivity index (χ3n) is 3.84. The summed E-state index contributed by atoms with van der Waals surface area (Å²) >= 11 is 0. The molecule has 1 amide bonds. The molecule has 3 heteroatoms. The second kappa shape index (κ2) is 6.71. The predicted octanol–water partition coefficient (Wildman–Crippen LogP) is 2.89. The number of benzene rings is 1.